The van der Waals surface area contributed by atoms with E-state index < -0.39 is 0 Å². The van der Waals surface area contributed by atoms with Crippen LogP contribution in [-0.4, -0.2) is 38.5 Å². The zero-order valence-electron chi connectivity index (χ0n) is 6.24. The van der Waals surface area contributed by atoms with Gasteiger partial charge in [0.15, 0.2) is 0 Å². The molecule has 0 atom stereocenters. The highest BCUT2D eigenvalue weighted by atomic mass is 16.5. The van der Waals surface area contributed by atoms with Crippen molar-refractivity contribution >= 4 is 6.21 Å². The molecule has 0 fully saturated rings. The Kier molecular flexibility index (Phi) is 5.39. The van der Waals surface area contributed by atoms with Crippen molar-refractivity contribution in [3.05, 3.63) is 0 Å². The van der Waals surface area contributed by atoms with Crippen molar-refractivity contribution in [2.45, 2.75) is 0 Å². The first kappa shape index (κ1) is 8.92. The monoisotopic (exact) mass is 141 g/mol. The van der Waals surface area contributed by atoms with Gasteiger partial charge in [0, 0.05) is 14.2 Å². The SMILES string of the molecule is COCCN(C)N=CC#N. The van der Waals surface area contributed by atoms with Crippen molar-refractivity contribution in [2.24, 2.45) is 5.10 Å². The number of hydrazone groups is 1. The topological polar surface area (TPSA) is 48.6 Å². The van der Waals surface area contributed by atoms with Crippen LogP contribution in [-0.2, 0) is 4.74 Å². The summed E-state index contributed by atoms with van der Waals surface area (Å²) in [5.74, 6) is 0. The largest absolute Gasteiger partial charge is 0.383 e. The Balaban J connectivity index is 3.35. The van der Waals surface area contributed by atoms with Gasteiger partial charge in [-0.25, -0.2) is 0 Å². The summed E-state index contributed by atoms with van der Waals surface area (Å²) < 4.78 is 4.79. The molecule has 0 bridgehead atoms. The second-order valence-electron chi connectivity index (χ2n) is 1.75. The molecule has 0 radical (unpaired) electrons. The Morgan fingerprint density at radius 1 is 1.80 bits per heavy atom. The van der Waals surface area contributed by atoms with Gasteiger partial charge in [-0.1, -0.05) is 0 Å². The van der Waals surface area contributed by atoms with Gasteiger partial charge in [0.1, 0.15) is 12.3 Å². The molecule has 0 aromatic heterocycles. The zero-order chi connectivity index (χ0) is 7.82. The minimum Gasteiger partial charge on any atom is -0.383 e. The van der Waals surface area contributed by atoms with Crippen molar-refractivity contribution in [3.8, 4) is 6.07 Å². The fourth-order valence-corrected chi connectivity index (χ4v) is 0.406. The van der Waals surface area contributed by atoms with Crippen LogP contribution < -0.4 is 0 Å². The molecule has 0 aromatic rings. The summed E-state index contributed by atoms with van der Waals surface area (Å²) in [4.78, 5) is 0. The molecular weight excluding hydrogens is 130 g/mol. The maximum absolute atomic E-state index is 8.08. The van der Waals surface area contributed by atoms with Gasteiger partial charge in [-0.15, -0.1) is 0 Å². The van der Waals surface area contributed by atoms with E-state index in [4.69, 9.17) is 10.00 Å². The molecule has 0 aliphatic heterocycles. The normalized spacial score (nSPS) is 9.70. The molecule has 0 spiro atoms. The number of nitriles is 1. The van der Waals surface area contributed by atoms with E-state index in [2.05, 4.69) is 5.10 Å². The van der Waals surface area contributed by atoms with Crippen molar-refractivity contribution < 1.29 is 4.74 Å². The first-order valence-corrected chi connectivity index (χ1v) is 2.93. The quantitative estimate of drug-likeness (QED) is 0.411. The van der Waals surface area contributed by atoms with Gasteiger partial charge in [0.05, 0.1) is 13.2 Å². The van der Waals surface area contributed by atoms with Crippen LogP contribution in [0.4, 0.5) is 0 Å². The molecular formula is C6H11N3O. The first-order valence-electron chi connectivity index (χ1n) is 2.93. The number of nitrogens with zero attached hydrogens (tertiary/aromatic N) is 3. The molecule has 0 rings (SSSR count). The van der Waals surface area contributed by atoms with E-state index >= 15 is 0 Å². The van der Waals surface area contributed by atoms with Crippen molar-refractivity contribution in [1.82, 2.24) is 5.01 Å². The predicted molar refractivity (Wildman–Crippen MR) is 38.6 cm³/mol. The molecule has 0 heterocycles. The Morgan fingerprint density at radius 2 is 2.50 bits per heavy atom. The fourth-order valence-electron chi connectivity index (χ4n) is 0.406. The molecule has 4 nitrogen and oxygen atoms in total. The summed E-state index contributed by atoms with van der Waals surface area (Å²) in [5.41, 5.74) is 0. The average Bonchev–Trinajstić information content (AvgIpc) is 1.97. The number of hydrogen-bond acceptors (Lipinski definition) is 4. The van der Waals surface area contributed by atoms with Crippen LogP contribution in [0.3, 0.4) is 0 Å². The fraction of sp³-hybridized carbons (Fsp3) is 0.667. The third-order valence-electron chi connectivity index (χ3n) is 0.932. The number of ether oxygens (including phenoxy) is 1. The second-order valence-corrected chi connectivity index (χ2v) is 1.75. The molecule has 4 heteroatoms. The summed E-state index contributed by atoms with van der Waals surface area (Å²) in [5, 5.41) is 13.5. The Morgan fingerprint density at radius 3 is 3.00 bits per heavy atom. The Hall–Kier alpha value is -1.08. The van der Waals surface area contributed by atoms with Crippen molar-refractivity contribution in [1.29, 1.82) is 5.26 Å². The lowest BCUT2D eigenvalue weighted by molar-refractivity contribution is 0.164. The van der Waals surface area contributed by atoms with Gasteiger partial charge in [0.2, 0.25) is 0 Å². The lowest BCUT2D eigenvalue weighted by Gasteiger charge is -2.09. The van der Waals surface area contributed by atoms with Crippen LogP contribution in [0.25, 0.3) is 0 Å². The number of likely N-dealkylation sites (N-methyl/N-ethyl adjacent to an activating group) is 1. The minimum absolute atomic E-state index is 0.624. The maximum Gasteiger partial charge on any atom is 0.124 e. The van der Waals surface area contributed by atoms with E-state index in [0.717, 1.165) is 0 Å². The van der Waals surface area contributed by atoms with Crippen LogP contribution in [0.2, 0.25) is 0 Å². The molecule has 0 aliphatic carbocycles. The van der Waals surface area contributed by atoms with E-state index in [-0.39, 0.29) is 0 Å². The van der Waals surface area contributed by atoms with Gasteiger partial charge >= 0.3 is 0 Å². The highest BCUT2D eigenvalue weighted by Gasteiger charge is 1.88. The van der Waals surface area contributed by atoms with Crippen molar-refractivity contribution in [2.75, 3.05) is 27.3 Å². The zero-order valence-corrected chi connectivity index (χ0v) is 6.24. The molecule has 0 saturated heterocycles. The summed E-state index contributed by atoms with van der Waals surface area (Å²) in [7, 11) is 3.41. The average molecular weight is 141 g/mol. The van der Waals surface area contributed by atoms with Gasteiger partial charge < -0.3 is 4.74 Å². The first-order chi connectivity index (χ1) is 4.81. The van der Waals surface area contributed by atoms with E-state index in [1.54, 1.807) is 25.2 Å². The lowest BCUT2D eigenvalue weighted by Crippen LogP contribution is -2.16. The highest BCUT2D eigenvalue weighted by Crippen LogP contribution is 1.80. The summed E-state index contributed by atoms with van der Waals surface area (Å²) in [6, 6.07) is 1.80. The van der Waals surface area contributed by atoms with E-state index in [1.165, 1.54) is 6.21 Å². The minimum atomic E-state index is 0.624. The van der Waals surface area contributed by atoms with Crippen LogP contribution in [0.1, 0.15) is 0 Å². The Bertz CT molecular complexity index is 138. The van der Waals surface area contributed by atoms with E-state index in [1.807, 2.05) is 0 Å². The summed E-state index contributed by atoms with van der Waals surface area (Å²) >= 11 is 0. The van der Waals surface area contributed by atoms with E-state index in [0.29, 0.717) is 13.2 Å². The molecule has 0 saturated carbocycles. The van der Waals surface area contributed by atoms with Gasteiger partial charge in [-0.2, -0.15) is 10.4 Å². The van der Waals surface area contributed by atoms with Gasteiger partial charge in [-0.05, 0) is 0 Å². The smallest absolute Gasteiger partial charge is 0.124 e. The van der Waals surface area contributed by atoms with Gasteiger partial charge in [-0.3, -0.25) is 5.01 Å². The molecule has 56 valence electrons. The molecule has 0 amide bonds. The number of rotatable bonds is 4. The molecule has 0 aliphatic rings. The van der Waals surface area contributed by atoms with Crippen LogP contribution in [0, 0.1) is 11.3 Å². The standard InChI is InChI=1S/C6H11N3O/c1-9(5-6-10-2)8-4-3-7/h4H,5-6H2,1-2H3. The molecule has 0 unspecified atom stereocenters. The van der Waals surface area contributed by atoms with E-state index in [9.17, 15) is 0 Å². The molecule has 10 heavy (non-hydrogen) atoms. The number of methoxy groups -OCH3 is 1. The highest BCUT2D eigenvalue weighted by molar-refractivity contribution is 5.74. The maximum atomic E-state index is 8.08. The third-order valence-corrected chi connectivity index (χ3v) is 0.932. The second kappa shape index (κ2) is 6.05. The summed E-state index contributed by atoms with van der Waals surface area (Å²) in [6.07, 6.45) is 1.19. The molecule has 0 N–H and O–H groups in total. The third kappa shape index (κ3) is 5.06. The lowest BCUT2D eigenvalue weighted by atomic mass is 10.7. The van der Waals surface area contributed by atoms with Crippen LogP contribution >= 0.6 is 0 Å². The van der Waals surface area contributed by atoms with Gasteiger partial charge in [0.25, 0.3) is 0 Å². The Labute approximate surface area is 60.7 Å². The number of hydrogen-bond donors (Lipinski definition) is 0. The van der Waals surface area contributed by atoms with Crippen LogP contribution in [0.5, 0.6) is 0 Å². The van der Waals surface area contributed by atoms with Crippen molar-refractivity contribution in [3.63, 3.8) is 0 Å². The molecule has 0 aromatic carbocycles. The van der Waals surface area contributed by atoms with Crippen LogP contribution in [0.15, 0.2) is 5.10 Å². The summed E-state index contributed by atoms with van der Waals surface area (Å²) in [6.45, 7) is 1.33. The predicted octanol–water partition coefficient (Wildman–Crippen LogP) is 0.0740.